The molecule has 0 aliphatic carbocycles. The summed E-state index contributed by atoms with van der Waals surface area (Å²) in [5.74, 6) is 1.54. The Morgan fingerprint density at radius 3 is 2.44 bits per heavy atom. The van der Waals surface area contributed by atoms with E-state index in [1.165, 1.54) is 10.5 Å². The Kier molecular flexibility index (Phi) is 6.93. The molecule has 1 aromatic carbocycles. The van der Waals surface area contributed by atoms with Crippen molar-refractivity contribution in [2.75, 3.05) is 33.6 Å². The van der Waals surface area contributed by atoms with Crippen LogP contribution in [0.1, 0.15) is 12.0 Å². The highest BCUT2D eigenvalue weighted by Gasteiger charge is 2.10. The predicted octanol–water partition coefficient (Wildman–Crippen LogP) is 1.86. The van der Waals surface area contributed by atoms with Crippen LogP contribution in [-0.2, 0) is 6.54 Å². The van der Waals surface area contributed by atoms with Crippen LogP contribution in [-0.4, -0.2) is 33.6 Å². The van der Waals surface area contributed by atoms with Crippen LogP contribution < -0.4 is 20.5 Å². The lowest BCUT2D eigenvalue weighted by atomic mass is 10.2. The van der Waals surface area contributed by atoms with Gasteiger partial charge in [0.05, 0.1) is 14.2 Å². The molecule has 0 amide bonds. The van der Waals surface area contributed by atoms with Gasteiger partial charge in [-0.2, -0.15) is 0 Å². The molecule has 0 unspecified atom stereocenters. The monoisotopic (exact) mass is 270 g/mol. The summed E-state index contributed by atoms with van der Waals surface area (Å²) in [5.41, 5.74) is 6.69. The van der Waals surface area contributed by atoms with Gasteiger partial charge in [0.2, 0.25) is 0 Å². The molecule has 0 atom stereocenters. The number of methoxy groups -OCH3 is 2. The van der Waals surface area contributed by atoms with Crippen LogP contribution in [0.5, 0.6) is 11.5 Å². The van der Waals surface area contributed by atoms with E-state index in [0.717, 1.165) is 31.0 Å². The Balaban J connectivity index is 2.81. The predicted molar refractivity (Wildman–Crippen MR) is 76.7 cm³/mol. The minimum absolute atomic E-state index is 0.717. The second-order valence-corrected chi connectivity index (χ2v) is 4.69. The summed E-state index contributed by atoms with van der Waals surface area (Å²) < 4.78 is 10.6. The summed E-state index contributed by atoms with van der Waals surface area (Å²) in [6, 6.07) is 4.05. The fraction of sp³-hybridized carbons (Fsp3) is 0.538. The van der Waals surface area contributed by atoms with E-state index >= 15 is 0 Å². The van der Waals surface area contributed by atoms with E-state index in [-0.39, 0.29) is 0 Å². The van der Waals surface area contributed by atoms with Crippen molar-refractivity contribution >= 4 is 11.8 Å². The van der Waals surface area contributed by atoms with Crippen LogP contribution in [0.25, 0.3) is 0 Å². The maximum atomic E-state index is 5.47. The molecule has 0 fully saturated rings. The number of rotatable bonds is 8. The number of hydrogen-bond donors (Lipinski definition) is 2. The van der Waals surface area contributed by atoms with Crippen LogP contribution in [0.4, 0.5) is 0 Å². The molecule has 0 aliphatic heterocycles. The summed E-state index contributed by atoms with van der Waals surface area (Å²) in [4.78, 5) is 1.20. The van der Waals surface area contributed by atoms with Gasteiger partial charge in [-0.25, -0.2) is 0 Å². The van der Waals surface area contributed by atoms with Gasteiger partial charge >= 0.3 is 0 Å². The molecule has 102 valence electrons. The summed E-state index contributed by atoms with van der Waals surface area (Å²) in [5, 5.41) is 3.38. The van der Waals surface area contributed by atoms with Gasteiger partial charge in [0, 0.05) is 11.4 Å². The summed E-state index contributed by atoms with van der Waals surface area (Å²) in [6.07, 6.45) is 3.05. The van der Waals surface area contributed by atoms with Gasteiger partial charge < -0.3 is 20.5 Å². The van der Waals surface area contributed by atoms with Crippen molar-refractivity contribution in [2.45, 2.75) is 17.9 Å². The molecule has 0 spiro atoms. The van der Waals surface area contributed by atoms with Crippen molar-refractivity contribution in [1.29, 1.82) is 0 Å². The molecule has 4 nitrogen and oxygen atoms in total. The molecule has 1 aromatic rings. The Morgan fingerprint density at radius 1 is 1.22 bits per heavy atom. The number of ether oxygens (including phenoxy) is 2. The lowest BCUT2D eigenvalue weighted by Crippen LogP contribution is -2.18. The average Bonchev–Trinajstić information content (AvgIpc) is 2.42. The number of nitrogens with one attached hydrogen (secondary N) is 1. The third-order valence-electron chi connectivity index (χ3n) is 2.66. The Hall–Kier alpha value is -0.910. The zero-order valence-corrected chi connectivity index (χ0v) is 12.1. The van der Waals surface area contributed by atoms with Gasteiger partial charge in [-0.15, -0.1) is 11.8 Å². The number of nitrogens with two attached hydrogens (primary N) is 1. The topological polar surface area (TPSA) is 56.5 Å². The quantitative estimate of drug-likeness (QED) is 0.558. The van der Waals surface area contributed by atoms with Gasteiger partial charge in [-0.05, 0) is 43.5 Å². The molecule has 0 saturated heterocycles. The first-order valence-electron chi connectivity index (χ1n) is 5.96. The Labute approximate surface area is 113 Å². The molecule has 0 radical (unpaired) electrons. The van der Waals surface area contributed by atoms with Crippen LogP contribution in [0, 0.1) is 0 Å². The standard InChI is InChI=1S/C13H22N2O2S/c1-16-11-7-10(9-15-6-4-5-14)13(18-3)8-12(11)17-2/h7-8,15H,4-6,9,14H2,1-3H3. The van der Waals surface area contributed by atoms with E-state index in [1.807, 2.05) is 12.1 Å². The summed E-state index contributed by atoms with van der Waals surface area (Å²) >= 11 is 1.71. The second-order valence-electron chi connectivity index (χ2n) is 3.84. The molecule has 0 heterocycles. The van der Waals surface area contributed by atoms with Crippen molar-refractivity contribution in [1.82, 2.24) is 5.32 Å². The van der Waals surface area contributed by atoms with E-state index < -0.39 is 0 Å². The fourth-order valence-electron chi connectivity index (χ4n) is 1.68. The van der Waals surface area contributed by atoms with E-state index in [4.69, 9.17) is 15.2 Å². The van der Waals surface area contributed by atoms with Crippen LogP contribution >= 0.6 is 11.8 Å². The number of hydrogen-bond acceptors (Lipinski definition) is 5. The lowest BCUT2D eigenvalue weighted by molar-refractivity contribution is 0.353. The van der Waals surface area contributed by atoms with Gasteiger partial charge in [0.1, 0.15) is 0 Å². The van der Waals surface area contributed by atoms with E-state index in [2.05, 4.69) is 11.6 Å². The summed E-state index contributed by atoms with van der Waals surface area (Å²) in [6.45, 7) is 2.46. The van der Waals surface area contributed by atoms with Crippen molar-refractivity contribution < 1.29 is 9.47 Å². The average molecular weight is 270 g/mol. The van der Waals surface area contributed by atoms with Crippen molar-refractivity contribution in [3.8, 4) is 11.5 Å². The first-order chi connectivity index (χ1) is 8.76. The van der Waals surface area contributed by atoms with Crippen molar-refractivity contribution in [3.63, 3.8) is 0 Å². The molecule has 0 saturated carbocycles. The molecular formula is C13H22N2O2S. The van der Waals surface area contributed by atoms with Crippen LogP contribution in [0.2, 0.25) is 0 Å². The molecule has 3 N–H and O–H groups in total. The van der Waals surface area contributed by atoms with Crippen LogP contribution in [0.3, 0.4) is 0 Å². The third-order valence-corrected chi connectivity index (χ3v) is 3.48. The van der Waals surface area contributed by atoms with E-state index in [1.54, 1.807) is 26.0 Å². The van der Waals surface area contributed by atoms with E-state index in [0.29, 0.717) is 6.54 Å². The zero-order chi connectivity index (χ0) is 13.4. The number of benzene rings is 1. The highest BCUT2D eigenvalue weighted by atomic mass is 32.2. The first-order valence-corrected chi connectivity index (χ1v) is 7.19. The van der Waals surface area contributed by atoms with Gasteiger partial charge in [-0.3, -0.25) is 0 Å². The first kappa shape index (κ1) is 15.1. The zero-order valence-electron chi connectivity index (χ0n) is 11.3. The minimum Gasteiger partial charge on any atom is -0.493 e. The SMILES string of the molecule is COc1cc(CNCCCN)c(SC)cc1OC. The van der Waals surface area contributed by atoms with Gasteiger partial charge in [0.15, 0.2) is 11.5 Å². The smallest absolute Gasteiger partial charge is 0.161 e. The minimum atomic E-state index is 0.717. The molecular weight excluding hydrogens is 248 g/mol. The third kappa shape index (κ3) is 4.08. The molecule has 5 heteroatoms. The molecule has 18 heavy (non-hydrogen) atoms. The Morgan fingerprint density at radius 2 is 1.89 bits per heavy atom. The van der Waals surface area contributed by atoms with Gasteiger partial charge in [0.25, 0.3) is 0 Å². The molecule has 0 aromatic heterocycles. The maximum Gasteiger partial charge on any atom is 0.161 e. The summed E-state index contributed by atoms with van der Waals surface area (Å²) in [7, 11) is 3.31. The van der Waals surface area contributed by atoms with Crippen molar-refractivity contribution in [3.05, 3.63) is 17.7 Å². The van der Waals surface area contributed by atoms with Crippen molar-refractivity contribution in [2.24, 2.45) is 5.73 Å². The second kappa shape index (κ2) is 8.24. The highest BCUT2D eigenvalue weighted by molar-refractivity contribution is 7.98. The van der Waals surface area contributed by atoms with Gasteiger partial charge in [-0.1, -0.05) is 0 Å². The highest BCUT2D eigenvalue weighted by Crippen LogP contribution is 2.34. The lowest BCUT2D eigenvalue weighted by Gasteiger charge is -2.14. The molecule has 0 bridgehead atoms. The largest absolute Gasteiger partial charge is 0.493 e. The molecule has 1 rings (SSSR count). The fourth-order valence-corrected chi connectivity index (χ4v) is 2.30. The van der Waals surface area contributed by atoms with Crippen LogP contribution in [0.15, 0.2) is 17.0 Å². The maximum absolute atomic E-state index is 5.47. The number of thioether (sulfide) groups is 1. The van der Waals surface area contributed by atoms with E-state index in [9.17, 15) is 0 Å². The Bertz CT molecular complexity index is 372. The molecule has 0 aliphatic rings. The normalized spacial score (nSPS) is 10.4.